The molecule has 0 saturated heterocycles. The van der Waals surface area contributed by atoms with Crippen LogP contribution in [0, 0.1) is 0 Å². The fourth-order valence-corrected chi connectivity index (χ4v) is 2.14. The van der Waals surface area contributed by atoms with Gasteiger partial charge in [0.15, 0.2) is 0 Å². The molecule has 0 aromatic carbocycles. The van der Waals surface area contributed by atoms with E-state index in [1.165, 1.54) is 14.0 Å². The first-order chi connectivity index (χ1) is 7.86. The highest BCUT2D eigenvalue weighted by Crippen LogP contribution is 2.08. The molecule has 1 N–H and O–H groups in total. The van der Waals surface area contributed by atoms with Crippen LogP contribution in [0.3, 0.4) is 0 Å². The largest absolute Gasteiger partial charge is 0.468 e. The van der Waals surface area contributed by atoms with Gasteiger partial charge in [-0.1, -0.05) is 0 Å². The summed E-state index contributed by atoms with van der Waals surface area (Å²) in [5.74, 6) is -0.691. The number of carbonyl (C=O) groups is 1. The minimum Gasteiger partial charge on any atom is -0.468 e. The lowest BCUT2D eigenvalue weighted by Crippen LogP contribution is -2.39. The Labute approximate surface area is 103 Å². The Bertz CT molecular complexity index is 502. The predicted molar refractivity (Wildman–Crippen MR) is 58.8 cm³/mol. The van der Waals surface area contributed by atoms with Crippen LogP contribution in [0.4, 0.5) is 0 Å². The van der Waals surface area contributed by atoms with Crippen LogP contribution in [0.5, 0.6) is 0 Å². The van der Waals surface area contributed by atoms with Crippen molar-refractivity contribution in [2.24, 2.45) is 0 Å². The number of carbonyl (C=O) groups excluding carboxylic acids is 1. The molecular formula is C8H10ClN3O4S. The van der Waals surface area contributed by atoms with Crippen molar-refractivity contribution in [3.63, 3.8) is 0 Å². The minimum atomic E-state index is -3.87. The fourth-order valence-electron chi connectivity index (χ4n) is 0.965. The maximum atomic E-state index is 11.7. The van der Waals surface area contributed by atoms with Gasteiger partial charge in [-0.2, -0.15) is 4.72 Å². The molecular weight excluding hydrogens is 270 g/mol. The van der Waals surface area contributed by atoms with Crippen LogP contribution in [0.2, 0.25) is 5.28 Å². The van der Waals surface area contributed by atoms with Gasteiger partial charge in [-0.25, -0.2) is 18.4 Å². The average molecular weight is 280 g/mol. The molecule has 0 amide bonds. The number of ether oxygens (including phenoxy) is 1. The summed E-state index contributed by atoms with van der Waals surface area (Å²) in [7, 11) is -2.70. The SMILES string of the molecule is COC(=O)C(C)NS(=O)(=O)c1cnc(Cl)nc1. The number of methoxy groups -OCH3 is 1. The highest BCUT2D eigenvalue weighted by molar-refractivity contribution is 7.89. The Hall–Kier alpha value is -1.25. The summed E-state index contributed by atoms with van der Waals surface area (Å²) in [6.45, 7) is 1.36. The molecule has 0 aliphatic rings. The van der Waals surface area contributed by atoms with Crippen LogP contribution in [0.15, 0.2) is 17.3 Å². The van der Waals surface area contributed by atoms with E-state index >= 15 is 0 Å². The number of nitrogens with one attached hydrogen (secondary N) is 1. The molecule has 0 fully saturated rings. The zero-order valence-electron chi connectivity index (χ0n) is 9.05. The van der Waals surface area contributed by atoms with E-state index in [1.807, 2.05) is 0 Å². The van der Waals surface area contributed by atoms with Crippen molar-refractivity contribution in [1.82, 2.24) is 14.7 Å². The molecule has 0 aliphatic heterocycles. The Morgan fingerprint density at radius 1 is 1.47 bits per heavy atom. The van der Waals surface area contributed by atoms with Gasteiger partial charge in [0.05, 0.1) is 19.5 Å². The van der Waals surface area contributed by atoms with E-state index in [2.05, 4.69) is 19.4 Å². The lowest BCUT2D eigenvalue weighted by molar-refractivity contribution is -0.142. The van der Waals surface area contributed by atoms with Gasteiger partial charge in [-0.05, 0) is 18.5 Å². The van der Waals surface area contributed by atoms with Crippen molar-refractivity contribution in [2.75, 3.05) is 7.11 Å². The maximum Gasteiger partial charge on any atom is 0.323 e. The summed E-state index contributed by atoms with van der Waals surface area (Å²) in [5, 5.41) is -0.0648. The Balaban J connectivity index is 2.89. The fraction of sp³-hybridized carbons (Fsp3) is 0.375. The van der Waals surface area contributed by atoms with Crippen LogP contribution in [-0.4, -0.2) is 37.5 Å². The van der Waals surface area contributed by atoms with E-state index in [9.17, 15) is 13.2 Å². The van der Waals surface area contributed by atoms with Crippen molar-refractivity contribution < 1.29 is 17.9 Å². The van der Waals surface area contributed by atoms with Gasteiger partial charge >= 0.3 is 5.97 Å². The molecule has 0 radical (unpaired) electrons. The number of hydrogen-bond donors (Lipinski definition) is 1. The van der Waals surface area contributed by atoms with Gasteiger partial charge in [0.2, 0.25) is 15.3 Å². The maximum absolute atomic E-state index is 11.7. The van der Waals surface area contributed by atoms with Gasteiger partial charge in [0.25, 0.3) is 0 Å². The summed E-state index contributed by atoms with van der Waals surface area (Å²) < 4.78 is 30.0. The Morgan fingerprint density at radius 2 is 2.00 bits per heavy atom. The Kier molecular flexibility index (Phi) is 4.38. The number of aromatic nitrogens is 2. The van der Waals surface area contributed by atoms with Crippen molar-refractivity contribution in [3.8, 4) is 0 Å². The van der Waals surface area contributed by atoms with Gasteiger partial charge in [0.1, 0.15) is 10.9 Å². The zero-order chi connectivity index (χ0) is 13.1. The molecule has 0 spiro atoms. The normalized spacial score (nSPS) is 13.1. The first kappa shape index (κ1) is 13.8. The van der Waals surface area contributed by atoms with E-state index < -0.39 is 22.0 Å². The lowest BCUT2D eigenvalue weighted by Gasteiger charge is -2.11. The first-order valence-corrected chi connectivity index (χ1v) is 6.30. The zero-order valence-corrected chi connectivity index (χ0v) is 10.6. The molecule has 1 atom stereocenters. The van der Waals surface area contributed by atoms with Crippen LogP contribution in [0.25, 0.3) is 0 Å². The average Bonchev–Trinajstić information content (AvgIpc) is 2.27. The Morgan fingerprint density at radius 3 is 2.47 bits per heavy atom. The van der Waals surface area contributed by atoms with E-state index in [1.54, 1.807) is 0 Å². The van der Waals surface area contributed by atoms with Crippen molar-refractivity contribution in [3.05, 3.63) is 17.7 Å². The number of esters is 1. The van der Waals surface area contributed by atoms with Crippen LogP contribution >= 0.6 is 11.6 Å². The number of nitrogens with zero attached hydrogens (tertiary/aromatic N) is 2. The van der Waals surface area contributed by atoms with E-state index in [4.69, 9.17) is 11.6 Å². The van der Waals surface area contributed by atoms with E-state index in [-0.39, 0.29) is 10.2 Å². The first-order valence-electron chi connectivity index (χ1n) is 4.44. The van der Waals surface area contributed by atoms with E-state index in [0.29, 0.717) is 0 Å². The molecule has 17 heavy (non-hydrogen) atoms. The summed E-state index contributed by atoms with van der Waals surface area (Å²) >= 11 is 5.43. The molecule has 1 aromatic rings. The van der Waals surface area contributed by atoms with E-state index in [0.717, 1.165) is 12.4 Å². The number of halogens is 1. The number of hydrogen-bond acceptors (Lipinski definition) is 6. The van der Waals surface area contributed by atoms with Crippen molar-refractivity contribution >= 4 is 27.6 Å². The topological polar surface area (TPSA) is 98.2 Å². The molecule has 1 unspecified atom stereocenters. The summed E-state index contributed by atoms with van der Waals surface area (Å²) in [6.07, 6.45) is 2.09. The van der Waals surface area contributed by atoms with Gasteiger partial charge in [-0.3, -0.25) is 4.79 Å². The highest BCUT2D eigenvalue weighted by atomic mass is 35.5. The lowest BCUT2D eigenvalue weighted by atomic mass is 10.4. The summed E-state index contributed by atoms with van der Waals surface area (Å²) in [5.41, 5.74) is 0. The second-order valence-corrected chi connectivity index (χ2v) is 5.11. The van der Waals surface area contributed by atoms with Gasteiger partial charge in [-0.15, -0.1) is 0 Å². The minimum absolute atomic E-state index is 0.0648. The molecule has 9 heteroatoms. The third-order valence-corrected chi connectivity index (χ3v) is 3.48. The van der Waals surface area contributed by atoms with Crippen molar-refractivity contribution in [1.29, 1.82) is 0 Å². The monoisotopic (exact) mass is 279 g/mol. The third kappa shape index (κ3) is 3.62. The second-order valence-electron chi connectivity index (χ2n) is 3.05. The predicted octanol–water partition coefficient (Wildman–Crippen LogP) is -0.0302. The number of rotatable bonds is 4. The molecule has 0 aliphatic carbocycles. The van der Waals surface area contributed by atoms with Crippen LogP contribution in [0.1, 0.15) is 6.92 Å². The quantitative estimate of drug-likeness (QED) is 0.614. The highest BCUT2D eigenvalue weighted by Gasteiger charge is 2.22. The molecule has 1 heterocycles. The summed E-state index contributed by atoms with van der Waals surface area (Å²) in [6, 6.07) is -0.999. The standard InChI is InChI=1S/C8H10ClN3O4S/c1-5(7(13)16-2)12-17(14,15)6-3-10-8(9)11-4-6/h3-5,12H,1-2H3. The smallest absolute Gasteiger partial charge is 0.323 e. The molecule has 1 rings (SSSR count). The van der Waals surface area contributed by atoms with Gasteiger partial charge in [0, 0.05) is 0 Å². The second kappa shape index (κ2) is 5.39. The molecule has 7 nitrogen and oxygen atoms in total. The van der Waals surface area contributed by atoms with Crippen LogP contribution in [-0.2, 0) is 19.6 Å². The summed E-state index contributed by atoms with van der Waals surface area (Å²) in [4.78, 5) is 18.0. The molecule has 1 aromatic heterocycles. The molecule has 0 bridgehead atoms. The van der Waals surface area contributed by atoms with Crippen molar-refractivity contribution in [2.45, 2.75) is 17.9 Å². The van der Waals surface area contributed by atoms with Gasteiger partial charge < -0.3 is 4.74 Å². The van der Waals surface area contributed by atoms with Crippen LogP contribution < -0.4 is 4.72 Å². The third-order valence-electron chi connectivity index (χ3n) is 1.79. The molecule has 0 saturated carbocycles. The molecule has 94 valence electrons. The number of sulfonamides is 1.